The molecule has 0 saturated heterocycles. The van der Waals surface area contributed by atoms with E-state index in [4.69, 9.17) is 11.6 Å². The first kappa shape index (κ1) is 21.9. The molecule has 2 aromatic rings. The first-order valence-electron chi connectivity index (χ1n) is 9.39. The van der Waals surface area contributed by atoms with Crippen molar-refractivity contribution in [2.24, 2.45) is 0 Å². The van der Waals surface area contributed by atoms with E-state index in [0.717, 1.165) is 12.0 Å². The number of hydrogen-bond acceptors (Lipinski definition) is 2. The van der Waals surface area contributed by atoms with Crippen LogP contribution in [0.1, 0.15) is 38.3 Å². The Kier molecular flexibility index (Phi) is 8.00. The highest BCUT2D eigenvalue weighted by molar-refractivity contribution is 6.31. The topological polar surface area (TPSA) is 49.4 Å². The molecule has 0 aliphatic rings. The zero-order valence-corrected chi connectivity index (χ0v) is 17.2. The van der Waals surface area contributed by atoms with E-state index in [2.05, 4.69) is 5.32 Å². The number of rotatable bonds is 8. The third kappa shape index (κ3) is 6.06. The normalized spacial score (nSPS) is 12.9. The van der Waals surface area contributed by atoms with Crippen LogP contribution < -0.4 is 5.32 Å². The van der Waals surface area contributed by atoms with Gasteiger partial charge in [0, 0.05) is 17.6 Å². The van der Waals surface area contributed by atoms with Crippen molar-refractivity contribution >= 4 is 23.4 Å². The fraction of sp³-hybridized carbons (Fsp3) is 0.364. The molecule has 2 rings (SSSR count). The quantitative estimate of drug-likeness (QED) is 0.710. The molecule has 0 aliphatic heterocycles. The zero-order valence-electron chi connectivity index (χ0n) is 16.4. The predicted molar refractivity (Wildman–Crippen MR) is 109 cm³/mol. The molecule has 1 N–H and O–H groups in total. The molecule has 6 heteroatoms. The van der Waals surface area contributed by atoms with Gasteiger partial charge in [0.25, 0.3) is 0 Å². The van der Waals surface area contributed by atoms with Crippen LogP contribution in [0.15, 0.2) is 48.5 Å². The van der Waals surface area contributed by atoms with Gasteiger partial charge < -0.3 is 10.2 Å². The molecule has 2 aromatic carbocycles. The summed E-state index contributed by atoms with van der Waals surface area (Å²) >= 11 is 6.26. The second kappa shape index (κ2) is 10.2. The lowest BCUT2D eigenvalue weighted by molar-refractivity contribution is -0.140. The summed E-state index contributed by atoms with van der Waals surface area (Å²) in [5.74, 6) is -0.794. The standard InChI is InChI=1S/C22H26ClFN2O2/c1-4-15(2)25-22(28)16(3)26(14-18-7-5-6-8-20(18)23)21(27)13-17-9-11-19(24)12-10-17/h5-12,15-16H,4,13-14H2,1-3H3,(H,25,28)/t15-,16+/m1/s1. The number of nitrogens with one attached hydrogen (secondary N) is 1. The molecule has 0 radical (unpaired) electrons. The van der Waals surface area contributed by atoms with Gasteiger partial charge in [0.2, 0.25) is 11.8 Å². The van der Waals surface area contributed by atoms with Crippen molar-refractivity contribution in [3.05, 3.63) is 70.5 Å². The molecule has 0 aliphatic carbocycles. The summed E-state index contributed by atoms with van der Waals surface area (Å²) in [6, 6.07) is 12.4. The van der Waals surface area contributed by atoms with Crippen LogP contribution in [0.2, 0.25) is 5.02 Å². The Labute approximate surface area is 170 Å². The summed E-state index contributed by atoms with van der Waals surface area (Å²) in [5.41, 5.74) is 1.45. The lowest BCUT2D eigenvalue weighted by atomic mass is 10.1. The van der Waals surface area contributed by atoms with Gasteiger partial charge in [0.15, 0.2) is 0 Å². The third-order valence-electron chi connectivity index (χ3n) is 4.74. The minimum absolute atomic E-state index is 0.0179. The van der Waals surface area contributed by atoms with Gasteiger partial charge in [-0.15, -0.1) is 0 Å². The molecule has 0 saturated carbocycles. The van der Waals surface area contributed by atoms with E-state index < -0.39 is 6.04 Å². The highest BCUT2D eigenvalue weighted by atomic mass is 35.5. The highest BCUT2D eigenvalue weighted by Crippen LogP contribution is 2.19. The number of carbonyl (C=O) groups excluding carboxylic acids is 2. The van der Waals surface area contributed by atoms with Crippen molar-refractivity contribution < 1.29 is 14.0 Å². The van der Waals surface area contributed by atoms with Gasteiger partial charge in [-0.05, 0) is 49.6 Å². The van der Waals surface area contributed by atoms with Crippen LogP contribution in [0.25, 0.3) is 0 Å². The summed E-state index contributed by atoms with van der Waals surface area (Å²) in [6.07, 6.45) is 0.873. The number of amides is 2. The van der Waals surface area contributed by atoms with E-state index in [1.165, 1.54) is 17.0 Å². The number of carbonyl (C=O) groups is 2. The maximum absolute atomic E-state index is 13.1. The van der Waals surface area contributed by atoms with Gasteiger partial charge in [0.1, 0.15) is 11.9 Å². The van der Waals surface area contributed by atoms with E-state index >= 15 is 0 Å². The van der Waals surface area contributed by atoms with Gasteiger partial charge in [-0.3, -0.25) is 9.59 Å². The Morgan fingerprint density at radius 1 is 1.11 bits per heavy atom. The molecule has 0 aromatic heterocycles. The minimum Gasteiger partial charge on any atom is -0.352 e. The molecule has 0 fully saturated rings. The lowest BCUT2D eigenvalue weighted by Crippen LogP contribution is -2.49. The van der Waals surface area contributed by atoms with E-state index in [-0.39, 0.29) is 36.6 Å². The summed E-state index contributed by atoms with van der Waals surface area (Å²) in [4.78, 5) is 27.2. The minimum atomic E-state index is -0.668. The van der Waals surface area contributed by atoms with Crippen LogP contribution in [-0.2, 0) is 22.6 Å². The van der Waals surface area contributed by atoms with Crippen molar-refractivity contribution in [1.29, 1.82) is 0 Å². The smallest absolute Gasteiger partial charge is 0.242 e. The number of hydrogen-bond donors (Lipinski definition) is 1. The van der Waals surface area contributed by atoms with E-state index in [9.17, 15) is 14.0 Å². The molecular weight excluding hydrogens is 379 g/mol. The largest absolute Gasteiger partial charge is 0.352 e. The van der Waals surface area contributed by atoms with Crippen molar-refractivity contribution in [1.82, 2.24) is 10.2 Å². The highest BCUT2D eigenvalue weighted by Gasteiger charge is 2.27. The second-order valence-electron chi connectivity index (χ2n) is 6.91. The van der Waals surface area contributed by atoms with Crippen molar-refractivity contribution in [3.63, 3.8) is 0 Å². The van der Waals surface area contributed by atoms with Crippen molar-refractivity contribution in [2.75, 3.05) is 0 Å². The molecule has 0 spiro atoms. The van der Waals surface area contributed by atoms with E-state index in [1.807, 2.05) is 32.0 Å². The Morgan fingerprint density at radius 2 is 1.75 bits per heavy atom. The molecular formula is C22H26ClFN2O2. The monoisotopic (exact) mass is 404 g/mol. The molecule has 0 unspecified atom stereocenters. The van der Waals surface area contributed by atoms with Crippen molar-refractivity contribution in [2.45, 2.75) is 52.2 Å². The SMILES string of the molecule is CC[C@@H](C)NC(=O)[C@H](C)N(Cc1ccccc1Cl)C(=O)Cc1ccc(F)cc1. The van der Waals surface area contributed by atoms with Gasteiger partial charge in [-0.1, -0.05) is 48.9 Å². The first-order chi connectivity index (χ1) is 13.3. The molecule has 2 atom stereocenters. The fourth-order valence-electron chi connectivity index (χ4n) is 2.74. The number of nitrogens with zero attached hydrogens (tertiary/aromatic N) is 1. The molecule has 4 nitrogen and oxygen atoms in total. The van der Waals surface area contributed by atoms with Crippen molar-refractivity contribution in [3.8, 4) is 0 Å². The summed E-state index contributed by atoms with van der Waals surface area (Å²) < 4.78 is 13.1. The Bertz CT molecular complexity index is 810. The maximum Gasteiger partial charge on any atom is 0.242 e. The molecule has 2 amide bonds. The molecule has 28 heavy (non-hydrogen) atoms. The Balaban J connectivity index is 2.23. The Morgan fingerprint density at radius 3 is 2.36 bits per heavy atom. The summed E-state index contributed by atoms with van der Waals surface area (Å²) in [7, 11) is 0. The van der Waals surface area contributed by atoms with Crippen LogP contribution in [0.4, 0.5) is 4.39 Å². The van der Waals surface area contributed by atoms with Gasteiger partial charge in [-0.25, -0.2) is 4.39 Å². The van der Waals surface area contributed by atoms with Crippen LogP contribution >= 0.6 is 11.6 Å². The number of halogens is 2. The van der Waals surface area contributed by atoms with Crippen LogP contribution in [0, 0.1) is 5.82 Å². The van der Waals surface area contributed by atoms with Crippen LogP contribution in [-0.4, -0.2) is 28.8 Å². The maximum atomic E-state index is 13.1. The fourth-order valence-corrected chi connectivity index (χ4v) is 2.93. The first-order valence-corrected chi connectivity index (χ1v) is 9.77. The number of benzene rings is 2. The molecule has 0 heterocycles. The van der Waals surface area contributed by atoms with Crippen LogP contribution in [0.5, 0.6) is 0 Å². The van der Waals surface area contributed by atoms with Gasteiger partial charge in [0.05, 0.1) is 6.42 Å². The third-order valence-corrected chi connectivity index (χ3v) is 5.10. The lowest BCUT2D eigenvalue weighted by Gasteiger charge is -2.30. The predicted octanol–water partition coefficient (Wildman–Crippen LogP) is 4.35. The Hall–Kier alpha value is -2.40. The average Bonchev–Trinajstić information content (AvgIpc) is 2.68. The second-order valence-corrected chi connectivity index (χ2v) is 7.32. The van der Waals surface area contributed by atoms with Gasteiger partial charge >= 0.3 is 0 Å². The van der Waals surface area contributed by atoms with Crippen LogP contribution in [0.3, 0.4) is 0 Å². The summed E-state index contributed by atoms with van der Waals surface area (Å²) in [6.45, 7) is 5.83. The van der Waals surface area contributed by atoms with E-state index in [0.29, 0.717) is 10.6 Å². The van der Waals surface area contributed by atoms with Gasteiger partial charge in [-0.2, -0.15) is 0 Å². The zero-order chi connectivity index (χ0) is 20.7. The molecule has 0 bridgehead atoms. The van der Waals surface area contributed by atoms with E-state index in [1.54, 1.807) is 25.1 Å². The average molecular weight is 405 g/mol. The summed E-state index contributed by atoms with van der Waals surface area (Å²) in [5, 5.41) is 3.46. The molecule has 150 valence electrons.